The maximum Gasteiger partial charge on any atom is 0.135 e. The molecule has 78 valence electrons. The molecular formula is C12H14N2O. The number of benzene rings is 1. The first-order valence-electron chi connectivity index (χ1n) is 5.00. The molecule has 0 amide bonds. The second kappa shape index (κ2) is 4.28. The number of aromatic nitrogens is 2. The Morgan fingerprint density at radius 2 is 2.07 bits per heavy atom. The standard InChI is InChI=1S/C12H14N2O/c1-10(11-5-3-2-4-6-11)14-8-7-13-12(14)9-15/h2-8,10,15H,9H2,1H3/t10-/m1/s1. The monoisotopic (exact) mass is 202 g/mol. The highest BCUT2D eigenvalue weighted by Gasteiger charge is 2.10. The highest BCUT2D eigenvalue weighted by molar-refractivity contribution is 5.19. The van der Waals surface area contributed by atoms with Gasteiger partial charge < -0.3 is 9.67 Å². The molecule has 1 heterocycles. The lowest BCUT2D eigenvalue weighted by Gasteiger charge is -2.15. The van der Waals surface area contributed by atoms with Crippen LogP contribution in [0, 0.1) is 0 Å². The van der Waals surface area contributed by atoms with Gasteiger partial charge in [-0.1, -0.05) is 30.3 Å². The quantitative estimate of drug-likeness (QED) is 0.826. The molecule has 0 saturated heterocycles. The van der Waals surface area contributed by atoms with E-state index < -0.39 is 0 Å². The second-order valence-electron chi connectivity index (χ2n) is 3.50. The SMILES string of the molecule is C[C@H](c1ccccc1)n1ccnc1CO. The zero-order valence-electron chi connectivity index (χ0n) is 8.67. The van der Waals surface area contributed by atoms with E-state index >= 15 is 0 Å². The first kappa shape index (κ1) is 9.93. The van der Waals surface area contributed by atoms with Gasteiger partial charge in [0.1, 0.15) is 12.4 Å². The lowest BCUT2D eigenvalue weighted by Crippen LogP contribution is -2.09. The van der Waals surface area contributed by atoms with Crippen molar-refractivity contribution in [3.63, 3.8) is 0 Å². The average molecular weight is 202 g/mol. The molecule has 0 saturated carbocycles. The molecule has 0 aliphatic heterocycles. The lowest BCUT2D eigenvalue weighted by molar-refractivity contribution is 0.263. The fourth-order valence-electron chi connectivity index (χ4n) is 1.71. The van der Waals surface area contributed by atoms with Crippen LogP contribution in [0.4, 0.5) is 0 Å². The summed E-state index contributed by atoms with van der Waals surface area (Å²) in [6, 6.07) is 10.4. The molecule has 1 aromatic carbocycles. The van der Waals surface area contributed by atoms with E-state index in [2.05, 4.69) is 24.0 Å². The number of hydrogen-bond acceptors (Lipinski definition) is 2. The molecule has 3 nitrogen and oxygen atoms in total. The van der Waals surface area contributed by atoms with E-state index in [1.165, 1.54) is 5.56 Å². The Balaban J connectivity index is 2.32. The van der Waals surface area contributed by atoms with Crippen molar-refractivity contribution in [2.45, 2.75) is 19.6 Å². The van der Waals surface area contributed by atoms with Crippen molar-refractivity contribution in [1.29, 1.82) is 0 Å². The Morgan fingerprint density at radius 1 is 1.33 bits per heavy atom. The highest BCUT2D eigenvalue weighted by atomic mass is 16.3. The number of hydrogen-bond donors (Lipinski definition) is 1. The van der Waals surface area contributed by atoms with E-state index in [1.54, 1.807) is 6.20 Å². The minimum Gasteiger partial charge on any atom is -0.388 e. The highest BCUT2D eigenvalue weighted by Crippen LogP contribution is 2.18. The molecular weight excluding hydrogens is 188 g/mol. The maximum absolute atomic E-state index is 9.12. The summed E-state index contributed by atoms with van der Waals surface area (Å²) in [5, 5.41) is 9.12. The second-order valence-corrected chi connectivity index (χ2v) is 3.50. The molecule has 1 aromatic heterocycles. The van der Waals surface area contributed by atoms with Crippen LogP contribution in [0.3, 0.4) is 0 Å². The van der Waals surface area contributed by atoms with Crippen molar-refractivity contribution in [2.24, 2.45) is 0 Å². The van der Waals surface area contributed by atoms with E-state index in [9.17, 15) is 0 Å². The van der Waals surface area contributed by atoms with Gasteiger partial charge in [-0.05, 0) is 12.5 Å². The van der Waals surface area contributed by atoms with E-state index in [0.717, 1.165) is 0 Å². The van der Waals surface area contributed by atoms with Crippen molar-refractivity contribution in [3.05, 3.63) is 54.1 Å². The van der Waals surface area contributed by atoms with Gasteiger partial charge in [-0.2, -0.15) is 0 Å². The molecule has 1 N–H and O–H groups in total. The van der Waals surface area contributed by atoms with Crippen LogP contribution in [0.25, 0.3) is 0 Å². The summed E-state index contributed by atoms with van der Waals surface area (Å²) in [6.45, 7) is 2.07. The van der Waals surface area contributed by atoms with Crippen LogP contribution in [0.5, 0.6) is 0 Å². The minimum absolute atomic E-state index is 0.0236. The number of nitrogens with zero attached hydrogens (tertiary/aromatic N) is 2. The molecule has 1 atom stereocenters. The molecule has 0 unspecified atom stereocenters. The van der Waals surface area contributed by atoms with Gasteiger partial charge in [0.05, 0.1) is 6.04 Å². The van der Waals surface area contributed by atoms with E-state index in [4.69, 9.17) is 5.11 Å². The molecule has 2 aromatic rings. The topological polar surface area (TPSA) is 38.0 Å². The summed E-state index contributed by atoms with van der Waals surface area (Å²) in [6.07, 6.45) is 3.61. The summed E-state index contributed by atoms with van der Waals surface area (Å²) in [5.74, 6) is 0.700. The molecule has 3 heteroatoms. The third-order valence-corrected chi connectivity index (χ3v) is 2.59. The van der Waals surface area contributed by atoms with E-state index in [-0.39, 0.29) is 12.6 Å². The predicted molar refractivity (Wildman–Crippen MR) is 58.4 cm³/mol. The fraction of sp³-hybridized carbons (Fsp3) is 0.250. The van der Waals surface area contributed by atoms with Crippen molar-refractivity contribution in [2.75, 3.05) is 0 Å². The van der Waals surface area contributed by atoms with Crippen LogP contribution in [-0.2, 0) is 6.61 Å². The van der Waals surface area contributed by atoms with Crippen LogP contribution >= 0.6 is 0 Å². The fourth-order valence-corrected chi connectivity index (χ4v) is 1.71. The first-order chi connectivity index (χ1) is 7.33. The largest absolute Gasteiger partial charge is 0.388 e. The van der Waals surface area contributed by atoms with Crippen molar-refractivity contribution in [1.82, 2.24) is 9.55 Å². The molecule has 0 spiro atoms. The number of aliphatic hydroxyl groups excluding tert-OH is 1. The van der Waals surface area contributed by atoms with Gasteiger partial charge in [-0.15, -0.1) is 0 Å². The zero-order chi connectivity index (χ0) is 10.7. The average Bonchev–Trinajstić information content (AvgIpc) is 2.77. The van der Waals surface area contributed by atoms with Crippen LogP contribution in [0.2, 0.25) is 0 Å². The predicted octanol–water partition coefficient (Wildman–Crippen LogP) is 1.98. The first-order valence-corrected chi connectivity index (χ1v) is 5.00. The van der Waals surface area contributed by atoms with Crippen molar-refractivity contribution >= 4 is 0 Å². The number of imidazole rings is 1. The van der Waals surface area contributed by atoms with Crippen molar-refractivity contribution in [3.8, 4) is 0 Å². The lowest BCUT2D eigenvalue weighted by atomic mass is 10.1. The van der Waals surface area contributed by atoms with Crippen molar-refractivity contribution < 1.29 is 5.11 Å². The van der Waals surface area contributed by atoms with Gasteiger partial charge in [-0.25, -0.2) is 4.98 Å². The molecule has 0 aliphatic carbocycles. The third kappa shape index (κ3) is 1.92. The van der Waals surface area contributed by atoms with Gasteiger partial charge in [0.15, 0.2) is 0 Å². The van der Waals surface area contributed by atoms with E-state index in [1.807, 2.05) is 29.0 Å². The van der Waals surface area contributed by atoms with Gasteiger partial charge in [0.2, 0.25) is 0 Å². The third-order valence-electron chi connectivity index (χ3n) is 2.59. The Bertz CT molecular complexity index is 422. The van der Waals surface area contributed by atoms with Crippen LogP contribution in [0.1, 0.15) is 24.4 Å². The Morgan fingerprint density at radius 3 is 2.73 bits per heavy atom. The zero-order valence-corrected chi connectivity index (χ0v) is 8.67. The Kier molecular flexibility index (Phi) is 2.83. The van der Waals surface area contributed by atoms with Crippen LogP contribution in [0.15, 0.2) is 42.7 Å². The summed E-state index contributed by atoms with van der Waals surface area (Å²) in [4.78, 5) is 4.09. The summed E-state index contributed by atoms with van der Waals surface area (Å²) in [5.41, 5.74) is 1.21. The van der Waals surface area contributed by atoms with Gasteiger partial charge in [-0.3, -0.25) is 0 Å². The Labute approximate surface area is 89.0 Å². The van der Waals surface area contributed by atoms with Crippen LogP contribution in [-0.4, -0.2) is 14.7 Å². The van der Waals surface area contributed by atoms with Gasteiger partial charge in [0, 0.05) is 12.4 Å². The summed E-state index contributed by atoms with van der Waals surface area (Å²) in [7, 11) is 0. The maximum atomic E-state index is 9.12. The number of aliphatic hydroxyl groups is 1. The molecule has 0 radical (unpaired) electrons. The Hall–Kier alpha value is -1.61. The summed E-state index contributed by atoms with van der Waals surface area (Å²) >= 11 is 0. The number of rotatable bonds is 3. The smallest absolute Gasteiger partial charge is 0.135 e. The molecule has 0 bridgehead atoms. The normalized spacial score (nSPS) is 12.7. The van der Waals surface area contributed by atoms with Crippen LogP contribution < -0.4 is 0 Å². The van der Waals surface area contributed by atoms with Gasteiger partial charge >= 0.3 is 0 Å². The minimum atomic E-state index is -0.0236. The molecule has 0 fully saturated rings. The van der Waals surface area contributed by atoms with E-state index in [0.29, 0.717) is 5.82 Å². The molecule has 15 heavy (non-hydrogen) atoms. The molecule has 2 rings (SSSR count). The molecule has 0 aliphatic rings. The van der Waals surface area contributed by atoms with Gasteiger partial charge in [0.25, 0.3) is 0 Å². The summed E-state index contributed by atoms with van der Waals surface area (Å²) < 4.78 is 1.98.